The van der Waals surface area contributed by atoms with Crippen LogP contribution < -0.4 is 17.0 Å². The smallest absolute Gasteiger partial charge is 0.337 e. The molecule has 13 heteroatoms. The number of nitrogens with two attached hydrogens (primary N) is 1. The number of nitrogens with one attached hydrogen (secondary N) is 1. The number of H-pyrrole nitrogens is 1. The average molecular weight is 449 g/mol. The van der Waals surface area contributed by atoms with Gasteiger partial charge in [-0.05, 0) is 17.7 Å². The SMILES string of the molecule is COC(=O)c1cccc(Cn2c(=O)n([C@@H]3O[C@H](CO)[C@@H](F)[C@H]3O)c3nc(N)[nH]c(=O)c32)c1. The maximum Gasteiger partial charge on any atom is 0.337 e. The molecule has 5 N–H and O–H groups in total. The van der Waals surface area contributed by atoms with E-state index in [1.807, 2.05) is 0 Å². The Hall–Kier alpha value is -3.55. The van der Waals surface area contributed by atoms with E-state index in [0.29, 0.717) is 5.56 Å². The molecule has 170 valence electrons. The molecular weight excluding hydrogens is 429 g/mol. The Balaban J connectivity index is 1.88. The highest BCUT2D eigenvalue weighted by molar-refractivity contribution is 5.89. The molecular formula is C19H20FN5O7. The number of aliphatic hydroxyl groups excluding tert-OH is 2. The number of halogens is 1. The zero-order chi connectivity index (χ0) is 23.2. The number of ether oxygens (including phenoxy) is 2. The van der Waals surface area contributed by atoms with Crippen LogP contribution in [-0.4, -0.2) is 67.4 Å². The summed E-state index contributed by atoms with van der Waals surface area (Å²) in [5, 5.41) is 19.6. The normalized spacial score (nSPS) is 23.0. The molecule has 0 radical (unpaired) electrons. The minimum Gasteiger partial charge on any atom is -0.465 e. The average Bonchev–Trinajstić information content (AvgIpc) is 3.20. The van der Waals surface area contributed by atoms with Crippen molar-refractivity contribution in [3.8, 4) is 0 Å². The first-order chi connectivity index (χ1) is 15.3. The molecule has 1 aliphatic rings. The van der Waals surface area contributed by atoms with Crippen LogP contribution in [0.1, 0.15) is 22.1 Å². The number of imidazole rings is 1. The molecule has 2 aromatic heterocycles. The molecule has 1 aromatic carbocycles. The molecule has 0 unspecified atom stereocenters. The molecule has 3 heterocycles. The number of alkyl halides is 1. The number of hydrogen-bond acceptors (Lipinski definition) is 9. The van der Waals surface area contributed by atoms with Gasteiger partial charge < -0.3 is 25.4 Å². The highest BCUT2D eigenvalue weighted by Crippen LogP contribution is 2.32. The van der Waals surface area contributed by atoms with Gasteiger partial charge in [0.25, 0.3) is 5.56 Å². The minimum atomic E-state index is -1.97. The number of fused-ring (bicyclic) bond motifs is 1. The molecule has 1 fully saturated rings. The van der Waals surface area contributed by atoms with Crippen LogP contribution in [0.5, 0.6) is 0 Å². The number of rotatable bonds is 5. The Morgan fingerprint density at radius 1 is 1.41 bits per heavy atom. The van der Waals surface area contributed by atoms with Crippen LogP contribution in [0, 0.1) is 0 Å². The van der Waals surface area contributed by atoms with E-state index in [1.54, 1.807) is 12.1 Å². The van der Waals surface area contributed by atoms with Gasteiger partial charge in [-0.3, -0.25) is 14.3 Å². The molecule has 0 aliphatic carbocycles. The summed E-state index contributed by atoms with van der Waals surface area (Å²) in [6.45, 7) is -0.883. The van der Waals surface area contributed by atoms with Gasteiger partial charge in [0.15, 0.2) is 23.6 Å². The van der Waals surface area contributed by atoms with Gasteiger partial charge in [-0.15, -0.1) is 0 Å². The lowest BCUT2D eigenvalue weighted by Crippen LogP contribution is -2.34. The summed E-state index contributed by atoms with van der Waals surface area (Å²) in [5.74, 6) is -0.885. The van der Waals surface area contributed by atoms with E-state index in [4.69, 9.17) is 15.2 Å². The van der Waals surface area contributed by atoms with Gasteiger partial charge in [-0.25, -0.2) is 18.5 Å². The zero-order valence-electron chi connectivity index (χ0n) is 16.8. The van der Waals surface area contributed by atoms with Crippen LogP contribution in [0.2, 0.25) is 0 Å². The number of carbonyl (C=O) groups is 1. The largest absolute Gasteiger partial charge is 0.465 e. The molecule has 4 rings (SSSR count). The summed E-state index contributed by atoms with van der Waals surface area (Å²) in [7, 11) is 1.23. The second kappa shape index (κ2) is 8.18. The molecule has 0 saturated carbocycles. The van der Waals surface area contributed by atoms with Gasteiger partial charge in [0.05, 0.1) is 25.8 Å². The highest BCUT2D eigenvalue weighted by atomic mass is 19.1. The Morgan fingerprint density at radius 3 is 2.81 bits per heavy atom. The lowest BCUT2D eigenvalue weighted by Gasteiger charge is -2.15. The van der Waals surface area contributed by atoms with E-state index in [9.17, 15) is 29.0 Å². The van der Waals surface area contributed by atoms with E-state index in [1.165, 1.54) is 19.2 Å². The summed E-state index contributed by atoms with van der Waals surface area (Å²) < 4.78 is 26.2. The van der Waals surface area contributed by atoms with E-state index < -0.39 is 48.4 Å². The maximum atomic E-state index is 14.3. The van der Waals surface area contributed by atoms with Crippen LogP contribution in [0.4, 0.5) is 10.3 Å². The van der Waals surface area contributed by atoms with Gasteiger partial charge >= 0.3 is 11.7 Å². The third kappa shape index (κ3) is 3.45. The molecule has 0 amide bonds. The van der Waals surface area contributed by atoms with Crippen molar-refractivity contribution in [2.24, 2.45) is 0 Å². The molecule has 12 nitrogen and oxygen atoms in total. The Morgan fingerprint density at radius 2 is 2.16 bits per heavy atom. The van der Waals surface area contributed by atoms with Crippen molar-refractivity contribution in [1.82, 2.24) is 19.1 Å². The number of hydrogen-bond donors (Lipinski definition) is 4. The van der Waals surface area contributed by atoms with Gasteiger partial charge in [-0.1, -0.05) is 12.1 Å². The number of nitrogen functional groups attached to an aromatic ring is 1. The number of carbonyl (C=O) groups excluding carboxylic acids is 1. The predicted molar refractivity (Wildman–Crippen MR) is 108 cm³/mol. The molecule has 1 aliphatic heterocycles. The summed E-state index contributed by atoms with van der Waals surface area (Å²) in [5.41, 5.74) is 4.36. The third-order valence-electron chi connectivity index (χ3n) is 5.24. The van der Waals surface area contributed by atoms with Crippen LogP contribution in [0.15, 0.2) is 33.9 Å². The van der Waals surface area contributed by atoms with Gasteiger partial charge in [0.2, 0.25) is 5.95 Å². The van der Waals surface area contributed by atoms with Crippen LogP contribution in [0.3, 0.4) is 0 Å². The zero-order valence-corrected chi connectivity index (χ0v) is 16.8. The molecule has 0 spiro atoms. The van der Waals surface area contributed by atoms with E-state index >= 15 is 0 Å². The lowest BCUT2D eigenvalue weighted by atomic mass is 10.1. The molecule has 0 bridgehead atoms. The van der Waals surface area contributed by atoms with Gasteiger partial charge in [0, 0.05) is 0 Å². The van der Waals surface area contributed by atoms with Crippen LogP contribution in [-0.2, 0) is 16.0 Å². The fraction of sp³-hybridized carbons (Fsp3) is 0.368. The quantitative estimate of drug-likeness (QED) is 0.352. The van der Waals surface area contributed by atoms with Crippen molar-refractivity contribution in [3.05, 3.63) is 56.2 Å². The summed E-state index contributed by atoms with van der Waals surface area (Å²) in [6.07, 6.45) is -6.68. The summed E-state index contributed by atoms with van der Waals surface area (Å²) in [6, 6.07) is 6.22. The Labute approximate surface area is 178 Å². The number of aromatic nitrogens is 4. The number of benzene rings is 1. The van der Waals surface area contributed by atoms with Crippen molar-refractivity contribution in [2.45, 2.75) is 31.2 Å². The number of aromatic amines is 1. The molecule has 32 heavy (non-hydrogen) atoms. The number of methoxy groups -OCH3 is 1. The van der Waals surface area contributed by atoms with Crippen molar-refractivity contribution in [2.75, 3.05) is 19.5 Å². The van der Waals surface area contributed by atoms with Crippen LogP contribution in [0.25, 0.3) is 11.2 Å². The van der Waals surface area contributed by atoms with Crippen molar-refractivity contribution in [1.29, 1.82) is 0 Å². The van der Waals surface area contributed by atoms with E-state index in [0.717, 1.165) is 9.13 Å². The van der Waals surface area contributed by atoms with Crippen molar-refractivity contribution >= 4 is 23.1 Å². The Kier molecular flexibility index (Phi) is 5.54. The van der Waals surface area contributed by atoms with Crippen molar-refractivity contribution < 1.29 is 28.9 Å². The molecule has 3 aromatic rings. The summed E-state index contributed by atoms with van der Waals surface area (Å²) >= 11 is 0. The highest BCUT2D eigenvalue weighted by Gasteiger charge is 2.46. The topological polar surface area (TPSA) is 175 Å². The molecule has 4 atom stereocenters. The maximum absolute atomic E-state index is 14.3. The van der Waals surface area contributed by atoms with Crippen LogP contribution >= 0.6 is 0 Å². The summed E-state index contributed by atoms with van der Waals surface area (Å²) in [4.78, 5) is 44.0. The second-order valence-electron chi connectivity index (χ2n) is 7.24. The minimum absolute atomic E-state index is 0.160. The first kappa shape index (κ1) is 21.7. The van der Waals surface area contributed by atoms with Crippen molar-refractivity contribution in [3.63, 3.8) is 0 Å². The second-order valence-corrected chi connectivity index (χ2v) is 7.24. The van der Waals surface area contributed by atoms with E-state index in [2.05, 4.69) is 9.97 Å². The first-order valence-corrected chi connectivity index (χ1v) is 9.53. The predicted octanol–water partition coefficient (Wildman–Crippen LogP) is -1.11. The van der Waals surface area contributed by atoms with Gasteiger partial charge in [0.1, 0.15) is 12.2 Å². The first-order valence-electron chi connectivity index (χ1n) is 9.53. The molecule has 1 saturated heterocycles. The number of aliphatic hydroxyl groups is 2. The Bertz CT molecular complexity index is 1300. The fourth-order valence-electron chi connectivity index (χ4n) is 3.74. The number of anilines is 1. The lowest BCUT2D eigenvalue weighted by molar-refractivity contribution is -0.0513. The monoisotopic (exact) mass is 449 g/mol. The number of nitrogens with zero attached hydrogens (tertiary/aromatic N) is 3. The standard InChI is InChI=1S/C19H20FN5O7/c1-31-17(29)9-4-2-3-8(5-9)6-24-12-14(22-18(21)23-15(12)28)25(19(24)30)16-13(27)11(20)10(7-26)32-16/h2-5,10-11,13,16,26-27H,6-7H2,1H3,(H3,21,22,23,28)/t10-,11-,13-,16-/m1/s1. The third-order valence-corrected chi connectivity index (χ3v) is 5.24. The van der Waals surface area contributed by atoms with E-state index in [-0.39, 0.29) is 29.2 Å². The number of esters is 1. The fourth-order valence-corrected chi connectivity index (χ4v) is 3.74. The van der Waals surface area contributed by atoms with Gasteiger partial charge in [-0.2, -0.15) is 4.98 Å².